The van der Waals surface area contributed by atoms with Gasteiger partial charge in [0.05, 0.1) is 11.7 Å². The van der Waals surface area contributed by atoms with Crippen LogP contribution in [-0.4, -0.2) is 30.2 Å². The molecule has 0 saturated heterocycles. The maximum atomic E-state index is 11.0. The minimum absolute atomic E-state index is 0.103. The molecule has 0 aromatic rings. The zero-order valence-electron chi connectivity index (χ0n) is 8.60. The molecule has 0 saturated carbocycles. The van der Waals surface area contributed by atoms with E-state index in [-0.39, 0.29) is 6.42 Å². The number of carbonyl (C=O) groups excluding carboxylic acids is 2. The lowest BCUT2D eigenvalue weighted by molar-refractivity contribution is -0.159. The third-order valence-corrected chi connectivity index (χ3v) is 2.83. The summed E-state index contributed by atoms with van der Waals surface area (Å²) in [6, 6.07) is 0. The predicted octanol–water partition coefficient (Wildman–Crippen LogP) is 0.523. The van der Waals surface area contributed by atoms with Crippen molar-refractivity contribution in [1.29, 1.82) is 0 Å². The number of carbonyl (C=O) groups is 2. The van der Waals surface area contributed by atoms with Crippen LogP contribution in [0.25, 0.3) is 0 Å². The molecule has 0 aromatic carbocycles. The van der Waals surface area contributed by atoms with Gasteiger partial charge in [-0.2, -0.15) is 8.42 Å². The highest BCUT2D eigenvalue weighted by molar-refractivity contribution is 7.86. The van der Waals surface area contributed by atoms with Crippen LogP contribution in [0.3, 0.4) is 0 Å². The second-order valence-corrected chi connectivity index (χ2v) is 4.96. The van der Waals surface area contributed by atoms with Crippen molar-refractivity contribution in [1.82, 2.24) is 0 Å². The van der Waals surface area contributed by atoms with Crippen molar-refractivity contribution in [2.45, 2.75) is 38.4 Å². The topological polar surface area (TPSA) is 97.7 Å². The largest absolute Gasteiger partial charge is 0.393 e. The van der Waals surface area contributed by atoms with Crippen LogP contribution in [0.4, 0.5) is 0 Å². The Morgan fingerprint density at radius 2 is 1.87 bits per heavy atom. The molecule has 0 heterocycles. The van der Waals surface area contributed by atoms with Gasteiger partial charge < -0.3 is 4.74 Å². The van der Waals surface area contributed by atoms with E-state index in [0.29, 0.717) is 6.42 Å². The number of hydrogen-bond donors (Lipinski definition) is 1. The lowest BCUT2D eigenvalue weighted by Gasteiger charge is -2.06. The van der Waals surface area contributed by atoms with E-state index in [2.05, 4.69) is 4.74 Å². The van der Waals surface area contributed by atoms with E-state index < -0.39 is 33.7 Å². The van der Waals surface area contributed by atoms with Crippen LogP contribution in [-0.2, 0) is 24.4 Å². The molecule has 7 heteroatoms. The van der Waals surface area contributed by atoms with Crippen LogP contribution >= 0.6 is 0 Å². The fourth-order valence-corrected chi connectivity index (χ4v) is 1.11. The lowest BCUT2D eigenvalue weighted by Crippen LogP contribution is -2.23. The van der Waals surface area contributed by atoms with Crippen molar-refractivity contribution >= 4 is 22.1 Å². The van der Waals surface area contributed by atoms with Crippen LogP contribution in [0.5, 0.6) is 0 Å². The Bertz CT molecular complexity index is 331. The summed E-state index contributed by atoms with van der Waals surface area (Å²) in [5.74, 6) is -1.64. The summed E-state index contributed by atoms with van der Waals surface area (Å²) in [4.78, 5) is 21.8. The summed E-state index contributed by atoms with van der Waals surface area (Å²) >= 11 is 0. The maximum Gasteiger partial charge on any atom is 0.314 e. The van der Waals surface area contributed by atoms with E-state index in [4.69, 9.17) is 4.55 Å². The summed E-state index contributed by atoms with van der Waals surface area (Å²) in [5, 5.41) is -1.26. The molecule has 1 unspecified atom stereocenters. The minimum Gasteiger partial charge on any atom is -0.393 e. The van der Waals surface area contributed by atoms with Crippen LogP contribution in [0.15, 0.2) is 0 Å². The van der Waals surface area contributed by atoms with Gasteiger partial charge in [-0.25, -0.2) is 0 Å². The summed E-state index contributed by atoms with van der Waals surface area (Å²) < 4.78 is 33.9. The molecule has 6 nitrogen and oxygen atoms in total. The molecule has 0 aromatic heterocycles. The van der Waals surface area contributed by atoms with Gasteiger partial charge in [0.2, 0.25) is 0 Å². The molecular weight excluding hydrogens is 224 g/mol. The van der Waals surface area contributed by atoms with Crippen LogP contribution in [0.2, 0.25) is 0 Å². The van der Waals surface area contributed by atoms with Gasteiger partial charge in [-0.1, -0.05) is 6.92 Å². The second-order valence-electron chi connectivity index (χ2n) is 3.13. The quantitative estimate of drug-likeness (QED) is 0.426. The summed E-state index contributed by atoms with van der Waals surface area (Å²) in [7, 11) is -4.26. The van der Waals surface area contributed by atoms with Crippen LogP contribution < -0.4 is 0 Å². The van der Waals surface area contributed by atoms with Crippen molar-refractivity contribution in [3.8, 4) is 0 Å². The molecule has 0 amide bonds. The molecule has 0 fully saturated rings. The first-order chi connectivity index (χ1) is 6.77. The second kappa shape index (κ2) is 5.82. The van der Waals surface area contributed by atoms with Gasteiger partial charge in [-0.3, -0.25) is 14.1 Å². The first-order valence-corrected chi connectivity index (χ1v) is 5.97. The van der Waals surface area contributed by atoms with Crippen LogP contribution in [0.1, 0.15) is 33.1 Å². The molecule has 88 valence electrons. The monoisotopic (exact) mass is 238 g/mol. The SMILES string of the molecule is CCCC(=O)OC(=O)CC(C)S(=O)(=O)O. The first-order valence-electron chi connectivity index (χ1n) is 4.47. The Morgan fingerprint density at radius 1 is 1.33 bits per heavy atom. The van der Waals surface area contributed by atoms with Gasteiger partial charge in [0.1, 0.15) is 0 Å². The predicted molar refractivity (Wildman–Crippen MR) is 51.6 cm³/mol. The zero-order valence-corrected chi connectivity index (χ0v) is 9.41. The van der Waals surface area contributed by atoms with E-state index in [1.807, 2.05) is 0 Å². The standard InChI is InChI=1S/C8H14O6S/c1-3-4-7(9)14-8(10)5-6(2)15(11,12)13/h6H,3-5H2,1-2H3,(H,11,12,13). The van der Waals surface area contributed by atoms with Gasteiger partial charge in [0.25, 0.3) is 10.1 Å². The van der Waals surface area contributed by atoms with E-state index in [1.54, 1.807) is 6.92 Å². The molecule has 0 spiro atoms. The van der Waals surface area contributed by atoms with Crippen molar-refractivity contribution in [2.75, 3.05) is 0 Å². The van der Waals surface area contributed by atoms with Gasteiger partial charge in [0, 0.05) is 6.42 Å². The normalized spacial score (nSPS) is 13.3. The average Bonchev–Trinajstić information content (AvgIpc) is 2.01. The van der Waals surface area contributed by atoms with E-state index in [1.165, 1.54) is 0 Å². The van der Waals surface area contributed by atoms with Gasteiger partial charge in [0.15, 0.2) is 0 Å². The van der Waals surface area contributed by atoms with E-state index in [9.17, 15) is 18.0 Å². The molecule has 0 aliphatic carbocycles. The van der Waals surface area contributed by atoms with E-state index in [0.717, 1.165) is 6.92 Å². The highest BCUT2D eigenvalue weighted by Gasteiger charge is 2.22. The number of hydrogen-bond acceptors (Lipinski definition) is 5. The Kier molecular flexibility index (Phi) is 5.45. The first kappa shape index (κ1) is 14.1. The molecule has 0 radical (unpaired) electrons. The Balaban J connectivity index is 4.11. The zero-order chi connectivity index (χ0) is 12.1. The summed E-state index contributed by atoms with van der Waals surface area (Å²) in [6.45, 7) is 2.90. The third kappa shape index (κ3) is 6.19. The van der Waals surface area contributed by atoms with E-state index >= 15 is 0 Å². The fourth-order valence-electron chi connectivity index (χ4n) is 0.764. The Morgan fingerprint density at radius 3 is 2.27 bits per heavy atom. The molecule has 0 rings (SSSR count). The molecule has 0 bridgehead atoms. The Hall–Kier alpha value is -0.950. The number of esters is 2. The minimum atomic E-state index is -4.26. The van der Waals surface area contributed by atoms with Crippen LogP contribution in [0, 0.1) is 0 Å². The molecule has 0 aliphatic rings. The van der Waals surface area contributed by atoms with Gasteiger partial charge in [-0.05, 0) is 13.3 Å². The van der Waals surface area contributed by atoms with Crippen molar-refractivity contribution < 1.29 is 27.3 Å². The highest BCUT2D eigenvalue weighted by Crippen LogP contribution is 2.05. The molecule has 15 heavy (non-hydrogen) atoms. The molecule has 1 atom stereocenters. The molecule has 0 aliphatic heterocycles. The maximum absolute atomic E-state index is 11.0. The number of ether oxygens (including phenoxy) is 1. The number of rotatable bonds is 5. The lowest BCUT2D eigenvalue weighted by atomic mass is 10.3. The van der Waals surface area contributed by atoms with Gasteiger partial charge in [-0.15, -0.1) is 0 Å². The Labute approximate surface area is 88.4 Å². The summed E-state index contributed by atoms with van der Waals surface area (Å²) in [6.07, 6.45) is 0.111. The fraction of sp³-hybridized carbons (Fsp3) is 0.750. The smallest absolute Gasteiger partial charge is 0.314 e. The van der Waals surface area contributed by atoms with Crippen molar-refractivity contribution in [2.24, 2.45) is 0 Å². The summed E-state index contributed by atoms with van der Waals surface area (Å²) in [5.41, 5.74) is 0. The average molecular weight is 238 g/mol. The van der Waals surface area contributed by atoms with Crippen molar-refractivity contribution in [3.63, 3.8) is 0 Å². The molecule has 1 N–H and O–H groups in total. The third-order valence-electron chi connectivity index (χ3n) is 1.64. The van der Waals surface area contributed by atoms with Gasteiger partial charge >= 0.3 is 11.9 Å². The highest BCUT2D eigenvalue weighted by atomic mass is 32.2. The van der Waals surface area contributed by atoms with Crippen molar-refractivity contribution in [3.05, 3.63) is 0 Å². The molecular formula is C8H14O6S.